The summed E-state index contributed by atoms with van der Waals surface area (Å²) in [4.78, 5) is 0. The van der Waals surface area contributed by atoms with Crippen molar-refractivity contribution in [2.75, 3.05) is 19.6 Å². The Labute approximate surface area is 75.1 Å². The van der Waals surface area contributed by atoms with Gasteiger partial charge in [0, 0.05) is 31.1 Å². The van der Waals surface area contributed by atoms with Gasteiger partial charge in [-0.1, -0.05) is 20.8 Å². The third kappa shape index (κ3) is 1.50. The van der Waals surface area contributed by atoms with Gasteiger partial charge in [0.15, 0.2) is 0 Å². The first kappa shape index (κ1) is 8.52. The van der Waals surface area contributed by atoms with Crippen molar-refractivity contribution in [2.45, 2.75) is 33.2 Å². The highest BCUT2D eigenvalue weighted by molar-refractivity contribution is 5.03. The second kappa shape index (κ2) is 2.46. The molecule has 0 bridgehead atoms. The van der Waals surface area contributed by atoms with E-state index >= 15 is 0 Å². The summed E-state index contributed by atoms with van der Waals surface area (Å²) in [5, 5.41) is 6.98. The van der Waals surface area contributed by atoms with Gasteiger partial charge in [-0.15, -0.1) is 0 Å². The first-order chi connectivity index (χ1) is 5.52. The third-order valence-corrected chi connectivity index (χ3v) is 3.39. The molecule has 2 N–H and O–H groups in total. The van der Waals surface area contributed by atoms with E-state index in [1.807, 2.05) is 0 Å². The van der Waals surface area contributed by atoms with Crippen molar-refractivity contribution in [2.24, 2.45) is 10.8 Å². The van der Waals surface area contributed by atoms with Crippen molar-refractivity contribution in [3.8, 4) is 0 Å². The Morgan fingerprint density at radius 2 is 1.92 bits per heavy atom. The maximum Gasteiger partial charge on any atom is 0.0125 e. The van der Waals surface area contributed by atoms with Crippen LogP contribution >= 0.6 is 0 Å². The molecule has 70 valence electrons. The zero-order valence-corrected chi connectivity index (χ0v) is 8.41. The molecule has 2 aliphatic rings. The molecule has 2 rings (SSSR count). The Balaban J connectivity index is 1.70. The van der Waals surface area contributed by atoms with Crippen LogP contribution < -0.4 is 10.6 Å². The van der Waals surface area contributed by atoms with Crippen LogP contribution in [-0.4, -0.2) is 25.7 Å². The van der Waals surface area contributed by atoms with Crippen LogP contribution in [0.2, 0.25) is 0 Å². The molecule has 0 radical (unpaired) electrons. The summed E-state index contributed by atoms with van der Waals surface area (Å²) in [6.07, 6.45) is 1.36. The summed E-state index contributed by atoms with van der Waals surface area (Å²) in [7, 11) is 0. The Bertz CT molecular complexity index is 182. The molecule has 0 aromatic heterocycles. The molecule has 1 aliphatic carbocycles. The van der Waals surface area contributed by atoms with Gasteiger partial charge in [0.1, 0.15) is 0 Å². The number of hydrogen-bond acceptors (Lipinski definition) is 2. The highest BCUT2D eigenvalue weighted by Gasteiger charge is 2.46. The summed E-state index contributed by atoms with van der Waals surface area (Å²) in [6, 6.07) is 0.787. The van der Waals surface area contributed by atoms with Crippen LogP contribution in [0.4, 0.5) is 0 Å². The van der Waals surface area contributed by atoms with E-state index in [0.717, 1.165) is 6.04 Å². The summed E-state index contributed by atoms with van der Waals surface area (Å²) in [6.45, 7) is 10.6. The highest BCUT2D eigenvalue weighted by atomic mass is 15.1. The molecule has 2 nitrogen and oxygen atoms in total. The van der Waals surface area contributed by atoms with E-state index in [1.54, 1.807) is 0 Å². The molecule has 1 saturated carbocycles. The smallest absolute Gasteiger partial charge is 0.0125 e. The molecule has 0 spiro atoms. The van der Waals surface area contributed by atoms with E-state index in [-0.39, 0.29) is 0 Å². The van der Waals surface area contributed by atoms with E-state index < -0.39 is 0 Å². The van der Waals surface area contributed by atoms with Crippen molar-refractivity contribution in [1.29, 1.82) is 0 Å². The molecule has 1 atom stereocenters. The van der Waals surface area contributed by atoms with Gasteiger partial charge in [0.2, 0.25) is 0 Å². The molecule has 2 fully saturated rings. The number of rotatable bonds is 3. The van der Waals surface area contributed by atoms with Crippen LogP contribution in [0.1, 0.15) is 27.2 Å². The minimum absolute atomic E-state index is 0.540. The van der Waals surface area contributed by atoms with Gasteiger partial charge in [0.05, 0.1) is 0 Å². The minimum atomic E-state index is 0.540. The summed E-state index contributed by atoms with van der Waals surface area (Å²) in [5.74, 6) is 0. The van der Waals surface area contributed by atoms with Crippen LogP contribution in [0.25, 0.3) is 0 Å². The van der Waals surface area contributed by atoms with E-state index in [1.165, 1.54) is 26.1 Å². The summed E-state index contributed by atoms with van der Waals surface area (Å²) < 4.78 is 0. The lowest BCUT2D eigenvalue weighted by Crippen LogP contribution is -2.56. The van der Waals surface area contributed by atoms with Crippen LogP contribution in [-0.2, 0) is 0 Å². The Morgan fingerprint density at radius 3 is 2.25 bits per heavy atom. The standard InChI is InChI=1S/C10H20N2/c1-9(2)4-8(9)12-7-10(3)5-11-6-10/h8,11-12H,4-7H2,1-3H3. The summed E-state index contributed by atoms with van der Waals surface area (Å²) >= 11 is 0. The maximum atomic E-state index is 3.65. The molecule has 0 amide bonds. The third-order valence-electron chi connectivity index (χ3n) is 3.39. The maximum absolute atomic E-state index is 3.65. The van der Waals surface area contributed by atoms with Crippen molar-refractivity contribution in [1.82, 2.24) is 10.6 Å². The van der Waals surface area contributed by atoms with Crippen LogP contribution in [0.3, 0.4) is 0 Å². The summed E-state index contributed by atoms with van der Waals surface area (Å²) in [5.41, 5.74) is 1.12. The quantitative estimate of drug-likeness (QED) is 0.656. The van der Waals surface area contributed by atoms with Gasteiger partial charge in [0.25, 0.3) is 0 Å². The first-order valence-electron chi connectivity index (χ1n) is 4.96. The highest BCUT2D eigenvalue weighted by Crippen LogP contribution is 2.44. The average Bonchev–Trinajstić information content (AvgIpc) is 2.51. The van der Waals surface area contributed by atoms with Gasteiger partial charge >= 0.3 is 0 Å². The van der Waals surface area contributed by atoms with E-state index in [2.05, 4.69) is 31.4 Å². The fraction of sp³-hybridized carbons (Fsp3) is 1.00. The second-order valence-corrected chi connectivity index (χ2v) is 5.54. The van der Waals surface area contributed by atoms with E-state index in [4.69, 9.17) is 0 Å². The zero-order chi connectivity index (χ0) is 8.82. The molecule has 0 aromatic carbocycles. The van der Waals surface area contributed by atoms with Crippen LogP contribution in [0.15, 0.2) is 0 Å². The molecule has 2 heteroatoms. The van der Waals surface area contributed by atoms with Crippen molar-refractivity contribution >= 4 is 0 Å². The van der Waals surface area contributed by atoms with E-state index in [9.17, 15) is 0 Å². The average molecular weight is 168 g/mol. The van der Waals surface area contributed by atoms with Gasteiger partial charge in [-0.2, -0.15) is 0 Å². The van der Waals surface area contributed by atoms with Gasteiger partial charge in [-0.25, -0.2) is 0 Å². The molecule has 12 heavy (non-hydrogen) atoms. The first-order valence-corrected chi connectivity index (χ1v) is 4.96. The zero-order valence-electron chi connectivity index (χ0n) is 8.41. The Kier molecular flexibility index (Phi) is 1.74. The molecular weight excluding hydrogens is 148 g/mol. The predicted octanol–water partition coefficient (Wildman–Crippen LogP) is 0.984. The fourth-order valence-electron chi connectivity index (χ4n) is 1.86. The fourth-order valence-corrected chi connectivity index (χ4v) is 1.86. The van der Waals surface area contributed by atoms with Crippen LogP contribution in [0.5, 0.6) is 0 Å². The predicted molar refractivity (Wildman–Crippen MR) is 51.2 cm³/mol. The van der Waals surface area contributed by atoms with E-state index in [0.29, 0.717) is 10.8 Å². The molecule has 1 unspecified atom stereocenters. The monoisotopic (exact) mass is 168 g/mol. The van der Waals surface area contributed by atoms with Crippen molar-refractivity contribution in [3.63, 3.8) is 0 Å². The molecule has 0 aromatic rings. The normalized spacial score (nSPS) is 35.8. The van der Waals surface area contributed by atoms with Crippen molar-refractivity contribution < 1.29 is 0 Å². The Hall–Kier alpha value is -0.0800. The van der Waals surface area contributed by atoms with Crippen molar-refractivity contribution in [3.05, 3.63) is 0 Å². The molecular formula is C10H20N2. The lowest BCUT2D eigenvalue weighted by atomic mass is 9.84. The number of hydrogen-bond donors (Lipinski definition) is 2. The van der Waals surface area contributed by atoms with Gasteiger partial charge in [-0.3, -0.25) is 0 Å². The lowest BCUT2D eigenvalue weighted by molar-refractivity contribution is 0.186. The lowest BCUT2D eigenvalue weighted by Gasteiger charge is -2.39. The van der Waals surface area contributed by atoms with Crippen LogP contribution in [0, 0.1) is 10.8 Å². The molecule has 1 heterocycles. The largest absolute Gasteiger partial charge is 0.315 e. The van der Waals surface area contributed by atoms with Gasteiger partial charge in [-0.05, 0) is 11.8 Å². The minimum Gasteiger partial charge on any atom is -0.315 e. The molecule has 1 saturated heterocycles. The SMILES string of the molecule is CC1(CNC2CC2(C)C)CNC1. The molecule has 1 aliphatic heterocycles. The number of nitrogens with one attached hydrogen (secondary N) is 2. The Morgan fingerprint density at radius 1 is 1.33 bits per heavy atom. The second-order valence-electron chi connectivity index (χ2n) is 5.54. The topological polar surface area (TPSA) is 24.1 Å². The van der Waals surface area contributed by atoms with Gasteiger partial charge < -0.3 is 10.6 Å².